The van der Waals surface area contributed by atoms with Gasteiger partial charge in [0.25, 0.3) is 0 Å². The van der Waals surface area contributed by atoms with Gasteiger partial charge in [0.1, 0.15) is 16.8 Å². The van der Waals surface area contributed by atoms with Crippen molar-refractivity contribution in [1.82, 2.24) is 4.90 Å². The lowest BCUT2D eigenvalue weighted by atomic mass is 9.80. The van der Waals surface area contributed by atoms with Gasteiger partial charge in [-0.05, 0) is 64.0 Å². The van der Waals surface area contributed by atoms with Crippen LogP contribution in [0.3, 0.4) is 0 Å². The molecule has 0 unspecified atom stereocenters. The Labute approximate surface area is 153 Å². The molecule has 1 amide bonds. The van der Waals surface area contributed by atoms with Crippen LogP contribution < -0.4 is 0 Å². The van der Waals surface area contributed by atoms with Gasteiger partial charge in [-0.3, -0.25) is 9.69 Å². The number of hydrogen-bond acceptors (Lipinski definition) is 4. The average molecular weight is 361 g/mol. The summed E-state index contributed by atoms with van der Waals surface area (Å²) in [7, 11) is 0. The molecule has 1 aromatic carbocycles. The standard InChI is InChI=1S/C20H24FNO4/c1-5-25-17(23)20(14-15-6-8-16(21)9-7-15)10-12-22(13-11-20)18(24)26-19(2,3)4/h6-13H,5,14H2,1-4H3. The van der Waals surface area contributed by atoms with E-state index in [1.165, 1.54) is 29.4 Å². The minimum absolute atomic E-state index is 0.238. The highest BCUT2D eigenvalue weighted by atomic mass is 19.1. The summed E-state index contributed by atoms with van der Waals surface area (Å²) < 4.78 is 23.7. The highest BCUT2D eigenvalue weighted by Gasteiger charge is 2.38. The zero-order valence-corrected chi connectivity index (χ0v) is 15.5. The minimum Gasteiger partial charge on any atom is -0.465 e. The molecule has 26 heavy (non-hydrogen) atoms. The first kappa shape index (κ1) is 19.7. The normalized spacial score (nSPS) is 15.7. The monoisotopic (exact) mass is 361 g/mol. The molecule has 140 valence electrons. The Morgan fingerprint density at radius 1 is 1.12 bits per heavy atom. The molecule has 1 aromatic rings. The molecule has 6 heteroatoms. The van der Waals surface area contributed by atoms with E-state index in [2.05, 4.69) is 0 Å². The maximum absolute atomic E-state index is 13.1. The fourth-order valence-electron chi connectivity index (χ4n) is 2.50. The van der Waals surface area contributed by atoms with Crippen molar-refractivity contribution in [2.24, 2.45) is 5.41 Å². The molecule has 2 rings (SSSR count). The molecule has 0 aliphatic carbocycles. The van der Waals surface area contributed by atoms with Gasteiger partial charge in [0, 0.05) is 12.4 Å². The van der Waals surface area contributed by atoms with Crippen LogP contribution in [-0.4, -0.2) is 29.2 Å². The van der Waals surface area contributed by atoms with Gasteiger partial charge in [-0.15, -0.1) is 0 Å². The predicted octanol–water partition coefficient (Wildman–Crippen LogP) is 4.20. The van der Waals surface area contributed by atoms with Gasteiger partial charge in [0.05, 0.1) is 6.61 Å². The van der Waals surface area contributed by atoms with Crippen LogP contribution in [-0.2, 0) is 20.7 Å². The van der Waals surface area contributed by atoms with Crippen LogP contribution in [0.5, 0.6) is 0 Å². The van der Waals surface area contributed by atoms with Crippen molar-refractivity contribution in [2.75, 3.05) is 6.61 Å². The van der Waals surface area contributed by atoms with E-state index in [9.17, 15) is 14.0 Å². The van der Waals surface area contributed by atoms with Crippen molar-refractivity contribution < 1.29 is 23.5 Å². The van der Waals surface area contributed by atoms with Crippen LogP contribution >= 0.6 is 0 Å². The Morgan fingerprint density at radius 2 is 1.69 bits per heavy atom. The summed E-state index contributed by atoms with van der Waals surface area (Å²) in [5.41, 5.74) is -0.908. The number of benzene rings is 1. The Bertz CT molecular complexity index is 702. The van der Waals surface area contributed by atoms with E-state index in [0.29, 0.717) is 6.42 Å². The molecule has 0 saturated carbocycles. The van der Waals surface area contributed by atoms with E-state index in [0.717, 1.165) is 5.56 Å². The number of nitrogens with zero attached hydrogens (tertiary/aromatic N) is 1. The fourth-order valence-corrected chi connectivity index (χ4v) is 2.50. The first-order valence-electron chi connectivity index (χ1n) is 8.47. The van der Waals surface area contributed by atoms with Crippen LogP contribution in [0.1, 0.15) is 33.3 Å². The zero-order valence-electron chi connectivity index (χ0n) is 15.5. The molecule has 0 bridgehead atoms. The summed E-state index contributed by atoms with van der Waals surface area (Å²) in [6.45, 7) is 7.30. The summed E-state index contributed by atoms with van der Waals surface area (Å²) in [6, 6.07) is 5.94. The van der Waals surface area contributed by atoms with Crippen molar-refractivity contribution in [3.8, 4) is 0 Å². The van der Waals surface area contributed by atoms with Crippen LogP contribution in [0.15, 0.2) is 48.8 Å². The topological polar surface area (TPSA) is 55.8 Å². The molecule has 0 radical (unpaired) electrons. The maximum atomic E-state index is 13.1. The molecule has 1 heterocycles. The number of hydrogen-bond donors (Lipinski definition) is 0. The molecule has 0 spiro atoms. The highest BCUT2D eigenvalue weighted by molar-refractivity contribution is 5.83. The largest absolute Gasteiger partial charge is 0.465 e. The van der Waals surface area contributed by atoms with Crippen molar-refractivity contribution >= 4 is 12.1 Å². The first-order chi connectivity index (χ1) is 12.1. The lowest BCUT2D eigenvalue weighted by molar-refractivity contribution is -0.150. The van der Waals surface area contributed by atoms with Crippen LogP contribution in [0.4, 0.5) is 9.18 Å². The van der Waals surface area contributed by atoms with Gasteiger partial charge in [0.2, 0.25) is 0 Å². The first-order valence-corrected chi connectivity index (χ1v) is 8.47. The van der Waals surface area contributed by atoms with Crippen LogP contribution in [0.2, 0.25) is 0 Å². The summed E-state index contributed by atoms with van der Waals surface area (Å²) >= 11 is 0. The molecule has 0 saturated heterocycles. The van der Waals surface area contributed by atoms with Crippen LogP contribution in [0, 0.1) is 11.2 Å². The smallest absolute Gasteiger partial charge is 0.418 e. The lowest BCUT2D eigenvalue weighted by Crippen LogP contribution is -2.37. The number of halogens is 1. The zero-order chi connectivity index (χ0) is 19.4. The predicted molar refractivity (Wildman–Crippen MR) is 95.5 cm³/mol. The SMILES string of the molecule is CCOC(=O)C1(Cc2ccc(F)cc2)C=CN(C(=O)OC(C)(C)C)C=C1. The lowest BCUT2D eigenvalue weighted by Gasteiger charge is -2.31. The van der Waals surface area contributed by atoms with Gasteiger partial charge in [-0.25, -0.2) is 9.18 Å². The molecular weight excluding hydrogens is 337 g/mol. The van der Waals surface area contributed by atoms with Crippen molar-refractivity contribution in [3.63, 3.8) is 0 Å². The summed E-state index contributed by atoms with van der Waals surface area (Å²) in [5.74, 6) is -0.773. The molecular formula is C20H24FNO4. The molecule has 0 N–H and O–H groups in total. The Balaban J connectivity index is 2.23. The molecule has 0 fully saturated rings. The third-order valence-corrected chi connectivity index (χ3v) is 3.73. The summed E-state index contributed by atoms with van der Waals surface area (Å²) in [5, 5.41) is 0. The average Bonchev–Trinajstić information content (AvgIpc) is 2.56. The molecule has 1 aliphatic heterocycles. The molecule has 0 atom stereocenters. The number of rotatable bonds is 4. The maximum Gasteiger partial charge on any atom is 0.418 e. The Morgan fingerprint density at radius 3 is 2.19 bits per heavy atom. The summed E-state index contributed by atoms with van der Waals surface area (Å²) in [4.78, 5) is 26.0. The van der Waals surface area contributed by atoms with Gasteiger partial charge >= 0.3 is 12.1 Å². The van der Waals surface area contributed by atoms with Crippen molar-refractivity contribution in [1.29, 1.82) is 0 Å². The van der Waals surface area contributed by atoms with E-state index in [-0.39, 0.29) is 12.4 Å². The number of ether oxygens (including phenoxy) is 2. The number of carbonyl (C=O) groups is 2. The summed E-state index contributed by atoms with van der Waals surface area (Å²) in [6.07, 6.45) is 5.96. The second-order valence-corrected chi connectivity index (χ2v) is 7.08. The minimum atomic E-state index is -1.06. The third kappa shape index (κ3) is 4.94. The second-order valence-electron chi connectivity index (χ2n) is 7.08. The van der Waals surface area contributed by atoms with Gasteiger partial charge in [-0.1, -0.05) is 12.1 Å². The molecule has 5 nitrogen and oxygen atoms in total. The van der Waals surface area contributed by atoms with E-state index >= 15 is 0 Å². The van der Waals surface area contributed by atoms with Gasteiger partial charge in [-0.2, -0.15) is 0 Å². The Hall–Kier alpha value is -2.63. The van der Waals surface area contributed by atoms with Crippen molar-refractivity contribution in [3.05, 3.63) is 60.2 Å². The molecule has 1 aliphatic rings. The molecule has 0 aromatic heterocycles. The third-order valence-electron chi connectivity index (χ3n) is 3.73. The van der Waals surface area contributed by atoms with E-state index in [4.69, 9.17) is 9.47 Å². The van der Waals surface area contributed by atoms with E-state index in [1.54, 1.807) is 52.0 Å². The Kier molecular flexibility index (Phi) is 5.85. The van der Waals surface area contributed by atoms with E-state index in [1.807, 2.05) is 0 Å². The van der Waals surface area contributed by atoms with Crippen molar-refractivity contribution in [2.45, 2.75) is 39.7 Å². The number of amides is 1. The quantitative estimate of drug-likeness (QED) is 0.755. The van der Waals surface area contributed by atoms with Gasteiger partial charge in [0.15, 0.2) is 0 Å². The fraction of sp³-hybridized carbons (Fsp3) is 0.400. The number of carbonyl (C=O) groups excluding carboxylic acids is 2. The van der Waals surface area contributed by atoms with Crippen LogP contribution in [0.25, 0.3) is 0 Å². The van der Waals surface area contributed by atoms with Gasteiger partial charge < -0.3 is 9.47 Å². The van der Waals surface area contributed by atoms with E-state index < -0.39 is 23.1 Å². The number of esters is 1. The second kappa shape index (κ2) is 7.72. The highest BCUT2D eigenvalue weighted by Crippen LogP contribution is 2.32.